The molecule has 2 N–H and O–H groups in total. The van der Waals surface area contributed by atoms with Gasteiger partial charge >= 0.3 is 0 Å². The lowest BCUT2D eigenvalue weighted by Gasteiger charge is -2.31. The van der Waals surface area contributed by atoms with Gasteiger partial charge in [0, 0.05) is 5.70 Å². The van der Waals surface area contributed by atoms with Crippen molar-refractivity contribution in [2.45, 2.75) is 38.5 Å². The average Bonchev–Trinajstić information content (AvgIpc) is 2.06. The van der Waals surface area contributed by atoms with Crippen molar-refractivity contribution in [1.82, 2.24) is 5.48 Å². The fraction of sp³-hybridized carbons (Fsp3) is 0.778. The second-order valence-electron chi connectivity index (χ2n) is 3.69. The van der Waals surface area contributed by atoms with Crippen LogP contribution in [0.1, 0.15) is 38.5 Å². The van der Waals surface area contributed by atoms with Crippen LogP contribution in [-0.2, 0) is 0 Å². The van der Waals surface area contributed by atoms with Gasteiger partial charge in [0.2, 0.25) is 0 Å². The van der Waals surface area contributed by atoms with Crippen LogP contribution in [0.25, 0.3) is 0 Å². The normalized spacial score (nSPS) is 30.5. The Hall–Kier alpha value is -0.500. The largest absolute Gasteiger partial charge is 0.291 e. The molecule has 2 nitrogen and oxygen atoms in total. The van der Waals surface area contributed by atoms with Crippen molar-refractivity contribution in [3.05, 3.63) is 11.3 Å². The van der Waals surface area contributed by atoms with E-state index >= 15 is 0 Å². The van der Waals surface area contributed by atoms with Gasteiger partial charge in [0.15, 0.2) is 0 Å². The molecule has 0 aliphatic heterocycles. The Morgan fingerprint density at radius 3 is 3.00 bits per heavy atom. The van der Waals surface area contributed by atoms with E-state index in [1.807, 2.05) is 0 Å². The SMILES string of the molecule is ONC1=C2CCCC(CC1)C2. The van der Waals surface area contributed by atoms with Gasteiger partial charge in [-0.05, 0) is 50.0 Å². The highest BCUT2D eigenvalue weighted by atomic mass is 16.5. The van der Waals surface area contributed by atoms with Gasteiger partial charge in [-0.1, -0.05) is 0 Å². The maximum atomic E-state index is 8.80. The van der Waals surface area contributed by atoms with E-state index in [-0.39, 0.29) is 0 Å². The van der Waals surface area contributed by atoms with Crippen molar-refractivity contribution in [2.75, 3.05) is 0 Å². The third-order valence-electron chi connectivity index (χ3n) is 2.99. The molecular weight excluding hydrogens is 138 g/mol. The van der Waals surface area contributed by atoms with Crippen LogP contribution in [0.2, 0.25) is 0 Å². The fourth-order valence-corrected chi connectivity index (χ4v) is 2.34. The number of hydrogen-bond donors (Lipinski definition) is 2. The Morgan fingerprint density at radius 2 is 2.18 bits per heavy atom. The molecule has 2 aliphatic carbocycles. The molecule has 62 valence electrons. The summed E-state index contributed by atoms with van der Waals surface area (Å²) in [5.41, 5.74) is 4.93. The molecule has 2 aliphatic rings. The lowest BCUT2D eigenvalue weighted by molar-refractivity contribution is 0.183. The Balaban J connectivity index is 2.17. The minimum atomic E-state index is 0.927. The zero-order valence-corrected chi connectivity index (χ0v) is 6.77. The van der Waals surface area contributed by atoms with Crippen LogP contribution in [0.4, 0.5) is 0 Å². The van der Waals surface area contributed by atoms with Crippen LogP contribution in [-0.4, -0.2) is 5.21 Å². The van der Waals surface area contributed by atoms with Crippen molar-refractivity contribution in [3.8, 4) is 0 Å². The first-order valence-electron chi connectivity index (χ1n) is 4.51. The third kappa shape index (κ3) is 1.27. The smallest absolute Gasteiger partial charge is 0.0368 e. The second kappa shape index (κ2) is 2.86. The standard InChI is InChI=1S/C9H15NO/c11-10-9-5-4-7-2-1-3-8(9)6-7/h7,10-11H,1-6H2. The van der Waals surface area contributed by atoms with Crippen molar-refractivity contribution < 1.29 is 5.21 Å². The van der Waals surface area contributed by atoms with Gasteiger partial charge in [0.25, 0.3) is 0 Å². The summed E-state index contributed by atoms with van der Waals surface area (Å²) in [6, 6.07) is 0. The first kappa shape index (κ1) is 7.17. The Bertz CT molecular complexity index is 186. The van der Waals surface area contributed by atoms with Crippen LogP contribution in [0.5, 0.6) is 0 Å². The summed E-state index contributed by atoms with van der Waals surface area (Å²) in [5, 5.41) is 8.80. The van der Waals surface area contributed by atoms with E-state index in [0.717, 1.165) is 18.0 Å². The molecule has 2 bridgehead atoms. The summed E-state index contributed by atoms with van der Waals surface area (Å²) >= 11 is 0. The zero-order chi connectivity index (χ0) is 7.68. The Kier molecular flexibility index (Phi) is 1.86. The van der Waals surface area contributed by atoms with Gasteiger partial charge in [-0.3, -0.25) is 10.7 Å². The van der Waals surface area contributed by atoms with Crippen LogP contribution in [0, 0.1) is 5.92 Å². The monoisotopic (exact) mass is 153 g/mol. The van der Waals surface area contributed by atoms with Gasteiger partial charge in [-0.2, -0.15) is 0 Å². The van der Waals surface area contributed by atoms with Gasteiger partial charge in [-0.15, -0.1) is 0 Å². The van der Waals surface area contributed by atoms with E-state index in [9.17, 15) is 0 Å². The third-order valence-corrected chi connectivity index (χ3v) is 2.99. The van der Waals surface area contributed by atoms with Gasteiger partial charge in [0.1, 0.15) is 0 Å². The molecule has 1 fully saturated rings. The number of rotatable bonds is 1. The topological polar surface area (TPSA) is 32.3 Å². The molecule has 1 saturated carbocycles. The van der Waals surface area contributed by atoms with E-state index in [1.165, 1.54) is 37.7 Å². The minimum Gasteiger partial charge on any atom is -0.291 e. The molecule has 0 radical (unpaired) electrons. The number of allylic oxidation sites excluding steroid dienone is 2. The summed E-state index contributed by atoms with van der Waals surface area (Å²) in [5.74, 6) is 0.927. The summed E-state index contributed by atoms with van der Waals surface area (Å²) in [4.78, 5) is 0. The average molecular weight is 153 g/mol. The predicted octanol–water partition coefficient (Wildman–Crippen LogP) is 2.20. The van der Waals surface area contributed by atoms with Crippen LogP contribution in [0.15, 0.2) is 11.3 Å². The lowest BCUT2D eigenvalue weighted by atomic mass is 9.77. The Labute approximate surface area is 67.3 Å². The van der Waals surface area contributed by atoms with Gasteiger partial charge in [-0.25, -0.2) is 0 Å². The molecule has 0 saturated heterocycles. The summed E-state index contributed by atoms with van der Waals surface area (Å²) in [6.45, 7) is 0. The van der Waals surface area contributed by atoms with Crippen molar-refractivity contribution in [3.63, 3.8) is 0 Å². The lowest BCUT2D eigenvalue weighted by Crippen LogP contribution is -2.21. The number of hydroxylamine groups is 1. The fourth-order valence-electron chi connectivity index (χ4n) is 2.34. The van der Waals surface area contributed by atoms with E-state index in [2.05, 4.69) is 5.48 Å². The number of nitrogens with one attached hydrogen (secondary N) is 1. The van der Waals surface area contributed by atoms with Gasteiger partial charge < -0.3 is 0 Å². The quantitative estimate of drug-likeness (QED) is 0.566. The summed E-state index contributed by atoms with van der Waals surface area (Å²) in [7, 11) is 0. The molecule has 0 spiro atoms. The molecule has 1 unspecified atom stereocenters. The molecule has 0 amide bonds. The highest BCUT2D eigenvalue weighted by Crippen LogP contribution is 2.38. The van der Waals surface area contributed by atoms with Crippen molar-refractivity contribution in [2.24, 2.45) is 5.92 Å². The second-order valence-corrected chi connectivity index (χ2v) is 3.69. The van der Waals surface area contributed by atoms with E-state index < -0.39 is 0 Å². The molecule has 11 heavy (non-hydrogen) atoms. The predicted molar refractivity (Wildman–Crippen MR) is 43.1 cm³/mol. The molecule has 0 aromatic carbocycles. The molecule has 1 atom stereocenters. The van der Waals surface area contributed by atoms with Crippen LogP contribution < -0.4 is 5.48 Å². The zero-order valence-electron chi connectivity index (χ0n) is 6.77. The molecule has 2 rings (SSSR count). The molecule has 2 heteroatoms. The highest BCUT2D eigenvalue weighted by molar-refractivity contribution is 5.17. The maximum absolute atomic E-state index is 8.80. The van der Waals surface area contributed by atoms with E-state index in [1.54, 1.807) is 0 Å². The van der Waals surface area contributed by atoms with E-state index in [4.69, 9.17) is 5.21 Å². The molecule has 0 heterocycles. The molecule has 0 aromatic heterocycles. The first-order chi connectivity index (χ1) is 5.40. The van der Waals surface area contributed by atoms with Crippen molar-refractivity contribution >= 4 is 0 Å². The van der Waals surface area contributed by atoms with E-state index in [0.29, 0.717) is 0 Å². The highest BCUT2D eigenvalue weighted by Gasteiger charge is 2.24. The minimum absolute atomic E-state index is 0.927. The molecule has 0 aromatic rings. The van der Waals surface area contributed by atoms with Crippen LogP contribution >= 0.6 is 0 Å². The summed E-state index contributed by atoms with van der Waals surface area (Å²) < 4.78 is 0. The maximum Gasteiger partial charge on any atom is 0.0368 e. The van der Waals surface area contributed by atoms with Gasteiger partial charge in [0.05, 0.1) is 0 Å². The van der Waals surface area contributed by atoms with Crippen molar-refractivity contribution in [1.29, 1.82) is 0 Å². The number of hydrogen-bond acceptors (Lipinski definition) is 2. The summed E-state index contributed by atoms with van der Waals surface area (Å²) in [6.07, 6.45) is 7.51. The molecular formula is C9H15NO. The Morgan fingerprint density at radius 1 is 1.27 bits per heavy atom. The van der Waals surface area contributed by atoms with Crippen LogP contribution in [0.3, 0.4) is 0 Å². The first-order valence-corrected chi connectivity index (χ1v) is 4.51. The number of fused-ring (bicyclic) bond motifs is 2.